The highest BCUT2D eigenvalue weighted by molar-refractivity contribution is 8.00. The molecule has 7 atom stereocenters. The number of carbonyl (C=O) groups excluding carboxylic acids is 6. The zero-order valence-electron chi connectivity index (χ0n) is 34.0. The van der Waals surface area contributed by atoms with Gasteiger partial charge in [0.05, 0.1) is 16.8 Å². The van der Waals surface area contributed by atoms with E-state index in [0.29, 0.717) is 55.7 Å². The molecule has 2 aromatic rings. The predicted octanol–water partition coefficient (Wildman–Crippen LogP) is 4.32. The molecule has 0 spiro atoms. The zero-order valence-corrected chi connectivity index (χ0v) is 35.6. The van der Waals surface area contributed by atoms with Gasteiger partial charge < -0.3 is 36.4 Å². The fourth-order valence-corrected chi connectivity index (χ4v) is 11.7. The molecule has 5 N–H and O–H groups in total. The molecule has 6 amide bonds. The van der Waals surface area contributed by atoms with Gasteiger partial charge in [0.25, 0.3) is 0 Å². The number of anilines is 2. The molecular formula is C42H57N7O6S2. The normalized spacial score (nSPS) is 27.0. The van der Waals surface area contributed by atoms with Gasteiger partial charge in [0.1, 0.15) is 24.2 Å². The van der Waals surface area contributed by atoms with Gasteiger partial charge in [0.2, 0.25) is 35.4 Å². The molecule has 6 rings (SSSR count). The lowest BCUT2D eigenvalue weighted by molar-refractivity contribution is -0.142. The highest BCUT2D eigenvalue weighted by Crippen LogP contribution is 2.48. The Morgan fingerprint density at radius 2 is 1.14 bits per heavy atom. The molecular weight excluding hydrogens is 763 g/mol. The summed E-state index contributed by atoms with van der Waals surface area (Å²) in [6.07, 6.45) is 3.32. The molecule has 15 heteroatoms. The molecule has 308 valence electrons. The first-order valence-corrected chi connectivity index (χ1v) is 22.1. The minimum absolute atomic E-state index is 0.126. The van der Waals surface area contributed by atoms with Crippen LogP contribution in [0, 0.1) is 10.8 Å². The molecule has 0 saturated carbocycles. The van der Waals surface area contributed by atoms with Crippen LogP contribution in [0.25, 0.3) is 0 Å². The number of nitrogens with zero attached hydrogens (tertiary/aromatic N) is 2. The molecule has 0 aliphatic carbocycles. The Kier molecular flexibility index (Phi) is 13.0. The van der Waals surface area contributed by atoms with Crippen molar-refractivity contribution in [3.8, 4) is 0 Å². The van der Waals surface area contributed by atoms with Crippen LogP contribution >= 0.6 is 23.5 Å². The fraction of sp³-hybridized carbons (Fsp3) is 0.571. The molecule has 4 saturated heterocycles. The van der Waals surface area contributed by atoms with E-state index in [0.717, 1.165) is 16.9 Å². The fourth-order valence-electron chi connectivity index (χ4n) is 8.50. The van der Waals surface area contributed by atoms with Crippen LogP contribution in [0.2, 0.25) is 0 Å². The van der Waals surface area contributed by atoms with E-state index in [-0.39, 0.29) is 46.2 Å². The van der Waals surface area contributed by atoms with E-state index in [1.54, 1.807) is 54.2 Å². The quantitative estimate of drug-likeness (QED) is 0.222. The molecule has 4 aliphatic heterocycles. The molecule has 4 aliphatic rings. The maximum Gasteiger partial charge on any atom is 0.247 e. The van der Waals surface area contributed by atoms with Crippen molar-refractivity contribution in [2.75, 3.05) is 29.2 Å². The van der Waals surface area contributed by atoms with Gasteiger partial charge in [0.15, 0.2) is 0 Å². The second-order valence-corrected chi connectivity index (χ2v) is 19.6. The Bertz CT molecular complexity index is 1860. The zero-order chi connectivity index (χ0) is 41.2. The van der Waals surface area contributed by atoms with Gasteiger partial charge in [-0.3, -0.25) is 28.8 Å². The van der Waals surface area contributed by atoms with Crippen LogP contribution in [0.3, 0.4) is 0 Å². The molecule has 2 aromatic carbocycles. The summed E-state index contributed by atoms with van der Waals surface area (Å²) >= 11 is 3.33. The minimum atomic E-state index is -0.698. The van der Waals surface area contributed by atoms with Crippen molar-refractivity contribution in [3.63, 3.8) is 0 Å². The number of hydrogen-bond acceptors (Lipinski definition) is 9. The van der Waals surface area contributed by atoms with Gasteiger partial charge in [-0.25, -0.2) is 0 Å². The van der Waals surface area contributed by atoms with Crippen molar-refractivity contribution in [1.82, 2.24) is 25.8 Å². The maximum absolute atomic E-state index is 13.9. The average Bonchev–Trinajstić information content (AvgIpc) is 3.49. The molecule has 13 nitrogen and oxygen atoms in total. The van der Waals surface area contributed by atoms with Gasteiger partial charge in [-0.2, -0.15) is 0 Å². The molecule has 57 heavy (non-hydrogen) atoms. The van der Waals surface area contributed by atoms with Gasteiger partial charge in [-0.05, 0) is 104 Å². The van der Waals surface area contributed by atoms with E-state index in [9.17, 15) is 28.8 Å². The molecule has 0 radical (unpaired) electrons. The standard InChI is InChI=1S/C42H57N7O6S2/c1-8-31(50)46-29-17-19-56-32-22-41(3,4)34(48(32)39(29)54)37(52)44-27-13-9-25(10-14-27)21-26-11-15-28(16-12-26)45-38(53)35-42(5,6)23-33-49(35)40(55)30(18-20-57-33)47-36(51)24(2)43-7/h9-16,24,29-30,32-35,43H,8,17-23H2,1-7H3,(H,44,52)(H,45,53)(H,46,50)(H,47,51)/t24-,29-,30-,32-,33-,34+,35+/m0/s1. The first-order chi connectivity index (χ1) is 27.0. The molecule has 0 unspecified atom stereocenters. The molecule has 0 bridgehead atoms. The van der Waals surface area contributed by atoms with Gasteiger partial charge in [0, 0.05) is 17.8 Å². The van der Waals surface area contributed by atoms with Crippen molar-refractivity contribution in [2.45, 2.75) is 121 Å². The second kappa shape index (κ2) is 17.4. The number of carbonyl (C=O) groups is 6. The summed E-state index contributed by atoms with van der Waals surface area (Å²) in [7, 11) is 1.70. The monoisotopic (exact) mass is 819 g/mol. The van der Waals surface area contributed by atoms with Crippen LogP contribution in [0.1, 0.15) is 84.8 Å². The molecule has 4 fully saturated rings. The van der Waals surface area contributed by atoms with Crippen molar-refractivity contribution >= 4 is 70.3 Å². The smallest absolute Gasteiger partial charge is 0.247 e. The van der Waals surface area contributed by atoms with Crippen LogP contribution < -0.4 is 26.6 Å². The number of amides is 6. The third-order valence-corrected chi connectivity index (χ3v) is 14.2. The summed E-state index contributed by atoms with van der Waals surface area (Å²) in [6, 6.07) is 12.1. The number of benzene rings is 2. The SMILES string of the molecule is CCC(=O)N[C@H]1CCS[C@H]2CC(C)(C)[C@@H](C(=O)Nc3ccc(Cc4ccc(NC(=O)[C@H]5N6C(=O)[C@@H](NC(=O)[C@H](C)NC)CCS[C@H]6CC5(C)C)cc4)cc3)N2C1=O. The van der Waals surface area contributed by atoms with Gasteiger partial charge in [-0.1, -0.05) is 58.9 Å². The summed E-state index contributed by atoms with van der Waals surface area (Å²) < 4.78 is 0. The Morgan fingerprint density at radius 3 is 1.54 bits per heavy atom. The number of hydrogen-bond donors (Lipinski definition) is 5. The van der Waals surface area contributed by atoms with E-state index >= 15 is 0 Å². The highest BCUT2D eigenvalue weighted by Gasteiger charge is 2.55. The lowest BCUT2D eigenvalue weighted by atomic mass is 9.84. The van der Waals surface area contributed by atoms with Crippen LogP contribution in [-0.2, 0) is 35.2 Å². The Labute approximate surface area is 344 Å². The number of rotatable bonds is 11. The Balaban J connectivity index is 1.07. The van der Waals surface area contributed by atoms with Gasteiger partial charge >= 0.3 is 0 Å². The minimum Gasteiger partial charge on any atom is -0.344 e. The second-order valence-electron chi connectivity index (χ2n) is 17.0. The number of nitrogens with one attached hydrogen (secondary N) is 5. The topological polar surface area (TPSA) is 169 Å². The Morgan fingerprint density at radius 1 is 0.719 bits per heavy atom. The van der Waals surface area contributed by atoms with E-state index < -0.39 is 41.0 Å². The Hall–Kier alpha value is -4.08. The van der Waals surface area contributed by atoms with Crippen LogP contribution in [0.15, 0.2) is 48.5 Å². The number of fused-ring (bicyclic) bond motifs is 2. The maximum atomic E-state index is 13.9. The molecule has 0 aromatic heterocycles. The summed E-state index contributed by atoms with van der Waals surface area (Å²) in [5.74, 6) is 0.0945. The lowest BCUT2D eigenvalue weighted by Crippen LogP contribution is -2.57. The first-order valence-electron chi connectivity index (χ1n) is 20.0. The summed E-state index contributed by atoms with van der Waals surface area (Å²) in [5, 5.41) is 14.5. The first kappa shape index (κ1) is 42.5. The summed E-state index contributed by atoms with van der Waals surface area (Å²) in [5.41, 5.74) is 2.39. The van der Waals surface area contributed by atoms with E-state index in [4.69, 9.17) is 0 Å². The highest BCUT2D eigenvalue weighted by atomic mass is 32.2. The van der Waals surface area contributed by atoms with Crippen molar-refractivity contribution in [2.24, 2.45) is 10.8 Å². The van der Waals surface area contributed by atoms with E-state index in [2.05, 4.69) is 26.6 Å². The van der Waals surface area contributed by atoms with Gasteiger partial charge in [-0.15, -0.1) is 23.5 Å². The van der Waals surface area contributed by atoms with Crippen LogP contribution in [0.4, 0.5) is 11.4 Å². The van der Waals surface area contributed by atoms with E-state index in [1.807, 2.05) is 76.2 Å². The van der Waals surface area contributed by atoms with Crippen molar-refractivity contribution in [3.05, 3.63) is 59.7 Å². The van der Waals surface area contributed by atoms with Crippen LogP contribution in [0.5, 0.6) is 0 Å². The van der Waals surface area contributed by atoms with Crippen LogP contribution in [-0.4, -0.2) is 105 Å². The lowest BCUT2D eigenvalue weighted by Gasteiger charge is -2.34. The predicted molar refractivity (Wildman–Crippen MR) is 225 cm³/mol. The number of likely N-dealkylation sites (N-methyl/N-ethyl adjacent to an activating group) is 1. The third kappa shape index (κ3) is 9.30. The third-order valence-electron chi connectivity index (χ3n) is 11.7. The van der Waals surface area contributed by atoms with Crippen molar-refractivity contribution in [1.29, 1.82) is 0 Å². The summed E-state index contributed by atoms with van der Waals surface area (Å²) in [6.45, 7) is 11.6. The van der Waals surface area contributed by atoms with Crippen molar-refractivity contribution < 1.29 is 28.8 Å². The molecule has 4 heterocycles. The average molecular weight is 820 g/mol. The van der Waals surface area contributed by atoms with E-state index in [1.165, 1.54) is 0 Å². The largest absolute Gasteiger partial charge is 0.344 e. The number of thioether (sulfide) groups is 2. The summed E-state index contributed by atoms with van der Waals surface area (Å²) in [4.78, 5) is 83.6.